The SMILES string of the molecule is N#CCCCCN(/N=C/c1cc(O)ccc1O)c1nc2ccccc2s1. The topological polar surface area (TPSA) is 92.7 Å². The molecule has 0 aliphatic carbocycles. The highest BCUT2D eigenvalue weighted by atomic mass is 32.1. The predicted octanol–water partition coefficient (Wildman–Crippen LogP) is 4.24. The lowest BCUT2D eigenvalue weighted by molar-refractivity contribution is 0.459. The van der Waals surface area contributed by atoms with Gasteiger partial charge in [0.2, 0.25) is 5.13 Å². The van der Waals surface area contributed by atoms with Crippen molar-refractivity contribution in [3.05, 3.63) is 48.0 Å². The highest BCUT2D eigenvalue weighted by Gasteiger charge is 2.11. The van der Waals surface area contributed by atoms with Crippen LogP contribution in [0.1, 0.15) is 24.8 Å². The fraction of sp³-hybridized carbons (Fsp3) is 0.211. The largest absolute Gasteiger partial charge is 0.508 e. The van der Waals surface area contributed by atoms with E-state index in [0.29, 0.717) is 18.5 Å². The number of aromatic hydroxyl groups is 2. The lowest BCUT2D eigenvalue weighted by atomic mass is 10.2. The Bertz CT molecular complexity index is 929. The van der Waals surface area contributed by atoms with E-state index in [4.69, 9.17) is 5.26 Å². The predicted molar refractivity (Wildman–Crippen MR) is 104 cm³/mol. The van der Waals surface area contributed by atoms with Crippen molar-refractivity contribution in [1.29, 1.82) is 5.26 Å². The fourth-order valence-electron chi connectivity index (χ4n) is 2.42. The summed E-state index contributed by atoms with van der Waals surface area (Å²) in [5, 5.41) is 35.2. The number of fused-ring (bicyclic) bond motifs is 1. The van der Waals surface area contributed by atoms with Crippen LogP contribution in [0.5, 0.6) is 11.5 Å². The number of phenols is 2. The number of hydrazone groups is 1. The minimum Gasteiger partial charge on any atom is -0.508 e. The molecule has 26 heavy (non-hydrogen) atoms. The summed E-state index contributed by atoms with van der Waals surface area (Å²) in [7, 11) is 0. The maximum atomic E-state index is 9.91. The van der Waals surface area contributed by atoms with E-state index in [-0.39, 0.29) is 11.5 Å². The van der Waals surface area contributed by atoms with Crippen molar-refractivity contribution in [2.45, 2.75) is 19.3 Å². The Hall–Kier alpha value is -3.11. The van der Waals surface area contributed by atoms with E-state index in [1.807, 2.05) is 24.3 Å². The van der Waals surface area contributed by atoms with E-state index in [0.717, 1.165) is 28.2 Å². The van der Waals surface area contributed by atoms with Gasteiger partial charge >= 0.3 is 0 Å². The molecule has 0 radical (unpaired) electrons. The number of rotatable bonds is 7. The molecule has 7 heteroatoms. The molecule has 6 nitrogen and oxygen atoms in total. The second-order valence-corrected chi connectivity index (χ2v) is 6.70. The van der Waals surface area contributed by atoms with Crippen LogP contribution >= 0.6 is 11.3 Å². The van der Waals surface area contributed by atoms with Gasteiger partial charge in [0.25, 0.3) is 0 Å². The van der Waals surface area contributed by atoms with E-state index in [9.17, 15) is 10.2 Å². The third-order valence-corrected chi connectivity index (χ3v) is 4.81. The van der Waals surface area contributed by atoms with E-state index in [1.165, 1.54) is 35.8 Å². The number of unbranched alkanes of at least 4 members (excludes halogenated alkanes) is 2. The average molecular weight is 366 g/mol. The van der Waals surface area contributed by atoms with Crippen LogP contribution in [0.3, 0.4) is 0 Å². The number of aromatic nitrogens is 1. The first-order valence-corrected chi connectivity index (χ1v) is 9.05. The Morgan fingerprint density at radius 2 is 2.04 bits per heavy atom. The Labute approximate surface area is 155 Å². The van der Waals surface area contributed by atoms with Crippen molar-refractivity contribution in [3.63, 3.8) is 0 Å². The quantitative estimate of drug-likeness (QED) is 0.282. The van der Waals surface area contributed by atoms with Crippen LogP contribution < -0.4 is 5.01 Å². The molecule has 132 valence electrons. The number of hydrogen-bond acceptors (Lipinski definition) is 7. The van der Waals surface area contributed by atoms with Gasteiger partial charge in [-0.3, -0.25) is 0 Å². The maximum Gasteiger partial charge on any atom is 0.207 e. The Morgan fingerprint density at radius 3 is 2.85 bits per heavy atom. The number of hydrogen-bond donors (Lipinski definition) is 2. The van der Waals surface area contributed by atoms with Crippen molar-refractivity contribution in [1.82, 2.24) is 4.98 Å². The first-order chi connectivity index (χ1) is 12.7. The lowest BCUT2D eigenvalue weighted by Gasteiger charge is -2.15. The number of benzene rings is 2. The molecule has 0 amide bonds. The van der Waals surface area contributed by atoms with Gasteiger partial charge in [-0.2, -0.15) is 10.4 Å². The number of anilines is 1. The summed E-state index contributed by atoms with van der Waals surface area (Å²) < 4.78 is 1.07. The van der Waals surface area contributed by atoms with E-state index >= 15 is 0 Å². The lowest BCUT2D eigenvalue weighted by Crippen LogP contribution is -2.18. The molecule has 0 aliphatic rings. The molecule has 0 saturated heterocycles. The van der Waals surface area contributed by atoms with Crippen LogP contribution in [0, 0.1) is 11.3 Å². The standard InChI is InChI=1S/C19H18N4O2S/c20-10-4-1-5-11-23(19-22-16-6-2-3-7-18(16)26-19)21-13-14-12-15(24)8-9-17(14)25/h2-3,6-9,12-13,24-25H,1,4-5,11H2/b21-13+. The highest BCUT2D eigenvalue weighted by Crippen LogP contribution is 2.29. The van der Waals surface area contributed by atoms with E-state index in [1.54, 1.807) is 5.01 Å². The third kappa shape index (κ3) is 4.29. The van der Waals surface area contributed by atoms with Gasteiger partial charge in [0.05, 0.1) is 22.5 Å². The molecule has 0 atom stereocenters. The number of nitriles is 1. The second-order valence-electron chi connectivity index (χ2n) is 5.69. The van der Waals surface area contributed by atoms with Gasteiger partial charge in [0.1, 0.15) is 11.5 Å². The van der Waals surface area contributed by atoms with Crippen LogP contribution in [0.25, 0.3) is 10.2 Å². The van der Waals surface area contributed by atoms with Crippen molar-refractivity contribution in [3.8, 4) is 17.6 Å². The van der Waals surface area contributed by atoms with Crippen molar-refractivity contribution in [2.24, 2.45) is 5.10 Å². The molecule has 1 heterocycles. The number of para-hydroxylation sites is 1. The zero-order valence-corrected chi connectivity index (χ0v) is 14.9. The van der Waals surface area contributed by atoms with Crippen LogP contribution in [0.2, 0.25) is 0 Å². The Balaban J connectivity index is 1.86. The summed E-state index contributed by atoms with van der Waals surface area (Å²) in [5.74, 6) is 0.102. The zero-order valence-electron chi connectivity index (χ0n) is 14.0. The summed E-state index contributed by atoms with van der Waals surface area (Å²) in [4.78, 5) is 4.62. The van der Waals surface area contributed by atoms with Crippen LogP contribution in [-0.4, -0.2) is 28.0 Å². The monoisotopic (exact) mass is 366 g/mol. The summed E-state index contributed by atoms with van der Waals surface area (Å²) in [5.41, 5.74) is 1.33. The first-order valence-electron chi connectivity index (χ1n) is 8.23. The number of thiazole rings is 1. The van der Waals surface area contributed by atoms with E-state index in [2.05, 4.69) is 16.2 Å². The summed E-state index contributed by atoms with van der Waals surface area (Å²) in [6, 6.07) is 14.3. The van der Waals surface area contributed by atoms with Crippen molar-refractivity contribution in [2.75, 3.05) is 11.6 Å². The molecule has 0 bridgehead atoms. The van der Waals surface area contributed by atoms with Crippen molar-refractivity contribution < 1.29 is 10.2 Å². The number of phenolic OH excluding ortho intramolecular Hbond substituents is 2. The Kier molecular flexibility index (Phi) is 5.66. The molecule has 2 N–H and O–H groups in total. The third-order valence-electron chi connectivity index (χ3n) is 3.76. The van der Waals surface area contributed by atoms with Gasteiger partial charge < -0.3 is 10.2 Å². The number of nitrogens with zero attached hydrogens (tertiary/aromatic N) is 4. The fourth-order valence-corrected chi connectivity index (χ4v) is 3.37. The van der Waals surface area contributed by atoms with Gasteiger partial charge in [-0.1, -0.05) is 23.5 Å². The van der Waals surface area contributed by atoms with Gasteiger partial charge in [0.15, 0.2) is 0 Å². The summed E-state index contributed by atoms with van der Waals surface area (Å²) in [6.07, 6.45) is 3.59. The van der Waals surface area contributed by atoms with Crippen LogP contribution in [-0.2, 0) is 0 Å². The molecule has 0 fully saturated rings. The van der Waals surface area contributed by atoms with Gasteiger partial charge in [-0.15, -0.1) is 0 Å². The summed E-state index contributed by atoms with van der Waals surface area (Å²) in [6.45, 7) is 0.609. The van der Waals surface area contributed by atoms with Gasteiger partial charge in [0, 0.05) is 18.5 Å². The maximum absolute atomic E-state index is 9.91. The van der Waals surface area contributed by atoms with Gasteiger partial charge in [-0.25, -0.2) is 9.99 Å². The molecule has 0 saturated carbocycles. The molecular weight excluding hydrogens is 348 g/mol. The average Bonchev–Trinajstić information content (AvgIpc) is 3.07. The Morgan fingerprint density at radius 1 is 1.19 bits per heavy atom. The molecule has 3 aromatic rings. The smallest absolute Gasteiger partial charge is 0.207 e. The molecule has 1 aromatic heterocycles. The zero-order chi connectivity index (χ0) is 18.4. The van der Waals surface area contributed by atoms with Crippen molar-refractivity contribution >= 4 is 32.9 Å². The highest BCUT2D eigenvalue weighted by molar-refractivity contribution is 7.22. The molecule has 3 rings (SSSR count). The molecule has 0 spiro atoms. The van der Waals surface area contributed by atoms with Crippen LogP contribution in [0.15, 0.2) is 47.6 Å². The molecule has 0 aliphatic heterocycles. The summed E-state index contributed by atoms with van der Waals surface area (Å²) >= 11 is 1.54. The van der Waals surface area contributed by atoms with E-state index < -0.39 is 0 Å². The minimum atomic E-state index is 0.0419. The minimum absolute atomic E-state index is 0.0419. The first kappa shape index (κ1) is 17.7. The molecule has 0 unspecified atom stereocenters. The van der Waals surface area contributed by atoms with Crippen LogP contribution in [0.4, 0.5) is 5.13 Å². The molecular formula is C19H18N4O2S. The normalized spacial score (nSPS) is 11.0. The molecule has 2 aromatic carbocycles. The second kappa shape index (κ2) is 8.32. The van der Waals surface area contributed by atoms with Gasteiger partial charge in [-0.05, 0) is 43.2 Å².